The molecular weight excluding hydrogens is 882 g/mol. The first-order valence-corrected chi connectivity index (χ1v) is 32.0. The molecule has 0 aliphatic heterocycles. The van der Waals surface area contributed by atoms with Crippen LogP contribution >= 0.6 is 7.82 Å². The second-order valence-corrected chi connectivity index (χ2v) is 22.4. The average molecular weight is 1000 g/mol. The van der Waals surface area contributed by atoms with E-state index in [0.717, 1.165) is 32.1 Å². The highest BCUT2D eigenvalue weighted by Gasteiger charge is 2.26. The number of unbranched alkanes of at least 4 members (excludes halogenated alkanes) is 46. The van der Waals surface area contributed by atoms with Crippen molar-refractivity contribution >= 4 is 19.8 Å². The first-order chi connectivity index (χ1) is 33.8. The first-order valence-electron chi connectivity index (χ1n) is 30.5. The molecule has 0 aromatic heterocycles. The molecule has 2 atom stereocenters. The molecule has 0 amide bonds. The Balaban J connectivity index is 3.87. The van der Waals surface area contributed by atoms with Gasteiger partial charge in [0.05, 0.1) is 13.2 Å². The summed E-state index contributed by atoms with van der Waals surface area (Å²) in [7, 11) is -4.38. The third kappa shape index (κ3) is 56.2. The summed E-state index contributed by atoms with van der Waals surface area (Å²) in [5.74, 6) is -0.801. The number of hydrogen-bond donors (Lipinski definition) is 2. The molecule has 0 aromatic rings. The van der Waals surface area contributed by atoms with E-state index in [1.54, 1.807) is 0 Å². The first kappa shape index (κ1) is 68.0. The summed E-state index contributed by atoms with van der Waals surface area (Å²) in [5, 5.41) is 0. The highest BCUT2D eigenvalue weighted by atomic mass is 31.2. The SMILES string of the molecule is CCCCCCCCCCCCCCCCCCCCCCCCCCCCCC(=O)OC(COC(=O)CCCCCCCCCCCCCCCCCCCCCCC)COP(=O)(O)OCCN. The lowest BCUT2D eigenvalue weighted by Gasteiger charge is -2.19. The Hall–Kier alpha value is -0.990. The predicted octanol–water partition coefficient (Wildman–Crippen LogP) is 19.1. The van der Waals surface area contributed by atoms with E-state index in [1.165, 1.54) is 270 Å². The van der Waals surface area contributed by atoms with Crippen LogP contribution in [0.5, 0.6) is 0 Å². The molecule has 10 heteroatoms. The number of hydrogen-bond acceptors (Lipinski definition) is 8. The van der Waals surface area contributed by atoms with E-state index < -0.39 is 26.5 Å². The van der Waals surface area contributed by atoms with Crippen LogP contribution in [0.1, 0.15) is 335 Å². The Labute approximate surface area is 428 Å². The smallest absolute Gasteiger partial charge is 0.462 e. The van der Waals surface area contributed by atoms with Gasteiger partial charge in [0.1, 0.15) is 6.61 Å². The summed E-state index contributed by atoms with van der Waals surface area (Å²) in [4.78, 5) is 35.2. The van der Waals surface area contributed by atoms with Gasteiger partial charge < -0.3 is 20.1 Å². The van der Waals surface area contributed by atoms with Crippen molar-refractivity contribution in [2.24, 2.45) is 5.73 Å². The number of carbonyl (C=O) groups excluding carboxylic acids is 2. The molecule has 0 spiro atoms. The zero-order valence-corrected chi connectivity index (χ0v) is 47.0. The molecule has 0 aliphatic carbocycles. The lowest BCUT2D eigenvalue weighted by Crippen LogP contribution is -2.29. The third-order valence-electron chi connectivity index (χ3n) is 14.0. The number of carbonyl (C=O) groups is 2. The molecule has 2 unspecified atom stereocenters. The molecule has 0 heterocycles. The molecule has 69 heavy (non-hydrogen) atoms. The van der Waals surface area contributed by atoms with Crippen molar-refractivity contribution in [2.75, 3.05) is 26.4 Å². The van der Waals surface area contributed by atoms with Crippen molar-refractivity contribution in [3.63, 3.8) is 0 Å². The normalized spacial score (nSPS) is 12.9. The molecule has 0 saturated heterocycles. The average Bonchev–Trinajstić information content (AvgIpc) is 3.34. The van der Waals surface area contributed by atoms with Gasteiger partial charge in [0.2, 0.25) is 0 Å². The van der Waals surface area contributed by atoms with Crippen LogP contribution < -0.4 is 5.73 Å². The van der Waals surface area contributed by atoms with Crippen LogP contribution in [0.4, 0.5) is 0 Å². The second-order valence-electron chi connectivity index (χ2n) is 20.9. The summed E-state index contributed by atoms with van der Waals surface area (Å²) in [5.41, 5.74) is 5.39. The van der Waals surface area contributed by atoms with E-state index in [2.05, 4.69) is 13.8 Å². The Bertz CT molecular complexity index is 1090. The number of nitrogens with two attached hydrogens (primary N) is 1. The van der Waals surface area contributed by atoms with Crippen molar-refractivity contribution in [1.82, 2.24) is 0 Å². The van der Waals surface area contributed by atoms with Gasteiger partial charge in [0.15, 0.2) is 6.10 Å². The quantitative estimate of drug-likeness (QED) is 0.0347. The molecule has 0 rings (SSSR count). The molecule has 0 bridgehead atoms. The highest BCUT2D eigenvalue weighted by Crippen LogP contribution is 2.43. The molecule has 0 aliphatic rings. The molecule has 412 valence electrons. The minimum Gasteiger partial charge on any atom is -0.462 e. The Morgan fingerprint density at radius 2 is 0.623 bits per heavy atom. The van der Waals surface area contributed by atoms with E-state index in [-0.39, 0.29) is 38.6 Å². The molecular formula is C59H118NO8P. The fourth-order valence-corrected chi connectivity index (χ4v) is 10.2. The number of phosphoric acid groups is 1. The van der Waals surface area contributed by atoms with Gasteiger partial charge in [-0.15, -0.1) is 0 Å². The lowest BCUT2D eigenvalue weighted by molar-refractivity contribution is -0.161. The molecule has 3 N–H and O–H groups in total. The van der Waals surface area contributed by atoms with Gasteiger partial charge in [-0.1, -0.05) is 309 Å². The lowest BCUT2D eigenvalue weighted by atomic mass is 10.0. The summed E-state index contributed by atoms with van der Waals surface area (Å²) >= 11 is 0. The van der Waals surface area contributed by atoms with Crippen molar-refractivity contribution in [3.05, 3.63) is 0 Å². The van der Waals surface area contributed by atoms with Crippen molar-refractivity contribution < 1.29 is 37.6 Å². The maximum Gasteiger partial charge on any atom is 0.472 e. The Morgan fingerprint density at radius 3 is 0.884 bits per heavy atom. The van der Waals surface area contributed by atoms with E-state index in [1.807, 2.05) is 0 Å². The third-order valence-corrected chi connectivity index (χ3v) is 15.0. The van der Waals surface area contributed by atoms with Gasteiger partial charge in [-0.3, -0.25) is 18.6 Å². The van der Waals surface area contributed by atoms with Gasteiger partial charge in [-0.25, -0.2) is 4.57 Å². The van der Waals surface area contributed by atoms with Crippen LogP contribution in [0.15, 0.2) is 0 Å². The van der Waals surface area contributed by atoms with E-state index in [9.17, 15) is 19.0 Å². The van der Waals surface area contributed by atoms with Crippen LogP contribution in [-0.4, -0.2) is 49.3 Å². The van der Waals surface area contributed by atoms with Gasteiger partial charge in [-0.2, -0.15) is 0 Å². The fourth-order valence-electron chi connectivity index (χ4n) is 9.46. The maximum atomic E-state index is 12.7. The molecule has 0 saturated carbocycles. The number of esters is 2. The maximum absolute atomic E-state index is 12.7. The number of rotatable bonds is 59. The summed E-state index contributed by atoms with van der Waals surface area (Å²) in [6.07, 6.45) is 63.1. The standard InChI is InChI=1S/C59H118NO8P/c1-3-5-7-9-11-13-15-17-19-21-23-25-26-27-28-29-30-32-34-36-38-40-42-44-46-48-50-52-59(62)68-57(56-67-69(63,64)66-54-53-60)55-65-58(61)51-49-47-45-43-41-39-37-35-33-31-24-22-20-18-16-14-12-10-8-6-4-2/h57H,3-56,60H2,1-2H3,(H,63,64). The summed E-state index contributed by atoms with van der Waals surface area (Å²) in [6.45, 7) is 3.83. The molecule has 0 radical (unpaired) electrons. The number of phosphoric ester groups is 1. The van der Waals surface area contributed by atoms with Crippen LogP contribution in [0.2, 0.25) is 0 Å². The fraction of sp³-hybridized carbons (Fsp3) is 0.966. The molecule has 9 nitrogen and oxygen atoms in total. The van der Waals surface area contributed by atoms with Crippen LogP contribution in [0.3, 0.4) is 0 Å². The zero-order valence-electron chi connectivity index (χ0n) is 46.1. The predicted molar refractivity (Wildman–Crippen MR) is 294 cm³/mol. The Kier molecular flexibility index (Phi) is 55.5. The Morgan fingerprint density at radius 1 is 0.377 bits per heavy atom. The summed E-state index contributed by atoms with van der Waals surface area (Å²) < 4.78 is 33.1. The van der Waals surface area contributed by atoms with Crippen LogP contribution in [0.25, 0.3) is 0 Å². The van der Waals surface area contributed by atoms with Gasteiger partial charge in [-0.05, 0) is 12.8 Å². The van der Waals surface area contributed by atoms with Crippen molar-refractivity contribution in [2.45, 2.75) is 341 Å². The van der Waals surface area contributed by atoms with Gasteiger partial charge in [0, 0.05) is 19.4 Å². The molecule has 0 fully saturated rings. The minimum absolute atomic E-state index is 0.0587. The summed E-state index contributed by atoms with van der Waals surface area (Å²) in [6, 6.07) is 0. The minimum atomic E-state index is -4.38. The van der Waals surface area contributed by atoms with E-state index in [0.29, 0.717) is 6.42 Å². The van der Waals surface area contributed by atoms with Gasteiger partial charge in [0.25, 0.3) is 0 Å². The topological polar surface area (TPSA) is 134 Å². The van der Waals surface area contributed by atoms with Gasteiger partial charge >= 0.3 is 19.8 Å². The van der Waals surface area contributed by atoms with E-state index >= 15 is 0 Å². The van der Waals surface area contributed by atoms with Crippen molar-refractivity contribution in [3.8, 4) is 0 Å². The highest BCUT2D eigenvalue weighted by molar-refractivity contribution is 7.47. The van der Waals surface area contributed by atoms with Crippen LogP contribution in [-0.2, 0) is 32.7 Å². The number of ether oxygens (including phenoxy) is 2. The van der Waals surface area contributed by atoms with Crippen LogP contribution in [0, 0.1) is 0 Å². The zero-order chi connectivity index (χ0) is 50.2. The van der Waals surface area contributed by atoms with Crippen molar-refractivity contribution in [1.29, 1.82) is 0 Å². The van der Waals surface area contributed by atoms with E-state index in [4.69, 9.17) is 24.3 Å². The molecule has 0 aromatic carbocycles. The second kappa shape index (κ2) is 56.3. The monoisotopic (exact) mass is 1000 g/mol. The largest absolute Gasteiger partial charge is 0.472 e.